The molecule has 13 heavy (non-hydrogen) atoms. The highest BCUT2D eigenvalue weighted by Gasteiger charge is 2.06. The van der Waals surface area contributed by atoms with Gasteiger partial charge in [-0.2, -0.15) is 4.39 Å². The van der Waals surface area contributed by atoms with Crippen molar-refractivity contribution >= 4 is 12.4 Å². The van der Waals surface area contributed by atoms with Crippen LogP contribution in [0.15, 0.2) is 28.9 Å². The molecule has 0 aromatic carbocycles. The molecule has 0 saturated heterocycles. The molecule has 0 bridgehead atoms. The Bertz CT molecular complexity index is 470. The van der Waals surface area contributed by atoms with Gasteiger partial charge in [0, 0.05) is 12.4 Å². The smallest absolute Gasteiger partial charge is 0.273 e. The summed E-state index contributed by atoms with van der Waals surface area (Å²) in [6.45, 7) is 6.50. The first-order valence-corrected chi connectivity index (χ1v) is 3.40. The maximum Gasteiger partial charge on any atom is 0.339 e. The Morgan fingerprint density at radius 1 is 1.31 bits per heavy atom. The molecule has 0 fully saturated rings. The van der Waals surface area contributed by atoms with Gasteiger partial charge in [0.15, 0.2) is 0 Å². The van der Waals surface area contributed by atoms with Crippen LogP contribution < -0.4 is 11.2 Å². The second kappa shape index (κ2) is 3.22. The first-order chi connectivity index (χ1) is 6.11. The fraction of sp³-hybridized carbons (Fsp3) is 0. The summed E-state index contributed by atoms with van der Waals surface area (Å²) < 4.78 is 14.2. The van der Waals surface area contributed by atoms with E-state index >= 15 is 0 Å². The zero-order valence-corrected chi connectivity index (χ0v) is 6.74. The number of hydrogen-bond donors (Lipinski definition) is 0. The van der Waals surface area contributed by atoms with Crippen molar-refractivity contribution in [3.05, 3.63) is 46.0 Å². The van der Waals surface area contributed by atoms with Crippen molar-refractivity contribution in [2.45, 2.75) is 0 Å². The topological polar surface area (TPSA) is 44.0 Å². The van der Waals surface area contributed by atoms with E-state index in [0.29, 0.717) is 4.57 Å². The van der Waals surface area contributed by atoms with E-state index in [1.165, 1.54) is 0 Å². The molecule has 5 heteroatoms. The van der Waals surface area contributed by atoms with Crippen LogP contribution in [-0.2, 0) is 0 Å². The molecule has 1 aromatic heterocycles. The Hall–Kier alpha value is -1.91. The van der Waals surface area contributed by atoms with Gasteiger partial charge in [0.1, 0.15) is 0 Å². The molecule has 0 radical (unpaired) electrons. The second-order valence-corrected chi connectivity index (χ2v) is 2.21. The van der Waals surface area contributed by atoms with Gasteiger partial charge in [-0.15, -0.1) is 0 Å². The Morgan fingerprint density at radius 3 is 2.38 bits per heavy atom. The monoisotopic (exact) mass is 182 g/mol. The number of rotatable bonds is 2. The van der Waals surface area contributed by atoms with Crippen molar-refractivity contribution in [1.82, 2.24) is 9.13 Å². The van der Waals surface area contributed by atoms with Crippen LogP contribution in [0.3, 0.4) is 0 Å². The lowest BCUT2D eigenvalue weighted by Gasteiger charge is -2.01. The van der Waals surface area contributed by atoms with Gasteiger partial charge in [-0.1, -0.05) is 13.2 Å². The molecular formula is C8H7FN2O2. The van der Waals surface area contributed by atoms with E-state index in [2.05, 4.69) is 13.2 Å². The van der Waals surface area contributed by atoms with E-state index in [9.17, 15) is 14.0 Å². The fourth-order valence-corrected chi connectivity index (χ4v) is 0.851. The summed E-state index contributed by atoms with van der Waals surface area (Å²) in [4.78, 5) is 22.2. The Labute approximate surface area is 72.9 Å². The zero-order chi connectivity index (χ0) is 10.0. The molecule has 0 aliphatic carbocycles. The highest BCUT2D eigenvalue weighted by atomic mass is 19.1. The van der Waals surface area contributed by atoms with Gasteiger partial charge in [-0.3, -0.25) is 9.36 Å². The maximum atomic E-state index is 12.8. The van der Waals surface area contributed by atoms with Crippen LogP contribution in [0.5, 0.6) is 0 Å². The SMILES string of the molecule is C=Cn1cc(F)c(=O)n(C=C)c1=O. The third-order valence-corrected chi connectivity index (χ3v) is 1.48. The predicted octanol–water partition coefficient (Wildman–Crippen LogP) is 0.350. The number of nitrogens with zero attached hydrogens (tertiary/aromatic N) is 2. The molecule has 68 valence electrons. The Morgan fingerprint density at radius 2 is 1.92 bits per heavy atom. The summed E-state index contributed by atoms with van der Waals surface area (Å²) in [6, 6.07) is 0. The summed E-state index contributed by atoms with van der Waals surface area (Å²) in [5, 5.41) is 0. The average molecular weight is 182 g/mol. The standard InChI is InChI=1S/C8H7FN2O2/c1-3-10-5-6(9)7(12)11(4-2)8(10)13/h3-5H,1-2H2. The van der Waals surface area contributed by atoms with Crippen LogP contribution in [-0.4, -0.2) is 9.13 Å². The average Bonchev–Trinajstić information content (AvgIpc) is 2.12. The molecule has 0 saturated carbocycles. The maximum absolute atomic E-state index is 12.8. The molecule has 0 spiro atoms. The predicted molar refractivity (Wildman–Crippen MR) is 47.7 cm³/mol. The normalized spacial score (nSPS) is 9.62. The largest absolute Gasteiger partial charge is 0.339 e. The van der Waals surface area contributed by atoms with Crippen molar-refractivity contribution in [3.63, 3.8) is 0 Å². The molecule has 0 N–H and O–H groups in total. The molecule has 0 aliphatic heterocycles. The highest BCUT2D eigenvalue weighted by Crippen LogP contribution is 1.86. The van der Waals surface area contributed by atoms with Gasteiger partial charge in [-0.05, 0) is 0 Å². The summed E-state index contributed by atoms with van der Waals surface area (Å²) in [6.07, 6.45) is 2.83. The summed E-state index contributed by atoms with van der Waals surface area (Å²) in [5.74, 6) is -1.03. The van der Waals surface area contributed by atoms with E-state index in [1.807, 2.05) is 0 Å². The number of halogens is 1. The lowest BCUT2D eigenvalue weighted by molar-refractivity contribution is 0.579. The molecule has 0 aliphatic rings. The quantitative estimate of drug-likeness (QED) is 0.662. The lowest BCUT2D eigenvalue weighted by atomic mass is 10.6. The van der Waals surface area contributed by atoms with Crippen LogP contribution in [0.4, 0.5) is 4.39 Å². The van der Waals surface area contributed by atoms with E-state index in [-0.39, 0.29) is 0 Å². The van der Waals surface area contributed by atoms with Gasteiger partial charge in [0.25, 0.3) is 5.56 Å². The summed E-state index contributed by atoms with van der Waals surface area (Å²) in [5.41, 5.74) is -1.71. The minimum atomic E-state index is -1.03. The molecular weight excluding hydrogens is 175 g/mol. The van der Waals surface area contributed by atoms with Crippen molar-refractivity contribution in [3.8, 4) is 0 Å². The summed E-state index contributed by atoms with van der Waals surface area (Å²) in [7, 11) is 0. The van der Waals surface area contributed by atoms with Crippen LogP contribution >= 0.6 is 0 Å². The highest BCUT2D eigenvalue weighted by molar-refractivity contribution is 5.21. The third kappa shape index (κ3) is 1.35. The molecule has 0 amide bonds. The van der Waals surface area contributed by atoms with Gasteiger partial charge >= 0.3 is 5.69 Å². The first kappa shape index (κ1) is 9.18. The van der Waals surface area contributed by atoms with Gasteiger partial charge in [0.2, 0.25) is 5.82 Å². The molecule has 0 unspecified atom stereocenters. The fourth-order valence-electron chi connectivity index (χ4n) is 0.851. The summed E-state index contributed by atoms with van der Waals surface area (Å²) >= 11 is 0. The third-order valence-electron chi connectivity index (χ3n) is 1.48. The molecule has 1 heterocycles. The Kier molecular flexibility index (Phi) is 2.27. The van der Waals surface area contributed by atoms with Gasteiger partial charge in [-0.25, -0.2) is 9.36 Å². The molecule has 1 rings (SSSR count). The van der Waals surface area contributed by atoms with Crippen LogP contribution in [0, 0.1) is 5.82 Å². The van der Waals surface area contributed by atoms with E-state index < -0.39 is 17.1 Å². The number of hydrogen-bond acceptors (Lipinski definition) is 2. The molecule has 1 aromatic rings. The van der Waals surface area contributed by atoms with Crippen LogP contribution in [0.2, 0.25) is 0 Å². The Balaban J connectivity index is 3.78. The van der Waals surface area contributed by atoms with Crippen molar-refractivity contribution in [1.29, 1.82) is 0 Å². The van der Waals surface area contributed by atoms with E-state index in [1.54, 1.807) is 0 Å². The minimum absolute atomic E-state index is 0.566. The first-order valence-electron chi connectivity index (χ1n) is 3.40. The van der Waals surface area contributed by atoms with Crippen LogP contribution in [0.25, 0.3) is 12.4 Å². The molecule has 0 atom stereocenters. The van der Waals surface area contributed by atoms with Crippen molar-refractivity contribution in [2.24, 2.45) is 0 Å². The van der Waals surface area contributed by atoms with Crippen molar-refractivity contribution < 1.29 is 4.39 Å². The lowest BCUT2D eigenvalue weighted by Crippen LogP contribution is -2.36. The van der Waals surface area contributed by atoms with Crippen molar-refractivity contribution in [2.75, 3.05) is 0 Å². The van der Waals surface area contributed by atoms with Gasteiger partial charge in [0.05, 0.1) is 6.20 Å². The minimum Gasteiger partial charge on any atom is -0.273 e. The van der Waals surface area contributed by atoms with Crippen LogP contribution in [0.1, 0.15) is 0 Å². The van der Waals surface area contributed by atoms with Gasteiger partial charge < -0.3 is 0 Å². The second-order valence-electron chi connectivity index (χ2n) is 2.21. The van der Waals surface area contributed by atoms with E-state index in [0.717, 1.165) is 23.2 Å². The number of aromatic nitrogens is 2. The van der Waals surface area contributed by atoms with E-state index in [4.69, 9.17) is 0 Å². The zero-order valence-electron chi connectivity index (χ0n) is 6.74. The molecule has 4 nitrogen and oxygen atoms in total.